The molecule has 2 amide bonds. The molecule has 3 aromatic heterocycles. The van der Waals surface area contributed by atoms with E-state index in [1.54, 1.807) is 41.5 Å². The number of aryl methyl sites for hydroxylation is 1. The predicted octanol–water partition coefficient (Wildman–Crippen LogP) is 5.83. The summed E-state index contributed by atoms with van der Waals surface area (Å²) in [5.41, 5.74) is 2.91. The molecule has 2 fully saturated rings. The third-order valence-corrected chi connectivity index (χ3v) is 6.91. The van der Waals surface area contributed by atoms with Crippen LogP contribution in [0.1, 0.15) is 84.9 Å². The molecular weight excluding hydrogens is 484 g/mol. The van der Waals surface area contributed by atoms with Crippen molar-refractivity contribution in [2.24, 2.45) is 13.0 Å². The summed E-state index contributed by atoms with van der Waals surface area (Å²) in [5.74, 6) is 0.611. The first-order chi connectivity index (χ1) is 17.8. The molecule has 3 aromatic rings. The fourth-order valence-corrected chi connectivity index (χ4v) is 4.97. The second kappa shape index (κ2) is 9.39. The smallest absolute Gasteiger partial charge is 0.419 e. The van der Waals surface area contributed by atoms with Gasteiger partial charge in [-0.25, -0.2) is 14.5 Å². The van der Waals surface area contributed by atoms with Gasteiger partial charge in [0.1, 0.15) is 11.2 Å². The van der Waals surface area contributed by atoms with Crippen molar-refractivity contribution in [2.75, 3.05) is 6.54 Å². The number of carbonyl (C=O) groups excluding carboxylic acids is 2. The van der Waals surface area contributed by atoms with E-state index in [0.29, 0.717) is 5.92 Å². The summed E-state index contributed by atoms with van der Waals surface area (Å²) in [5, 5.41) is 10.5. The van der Waals surface area contributed by atoms with Crippen molar-refractivity contribution in [2.45, 2.75) is 90.4 Å². The van der Waals surface area contributed by atoms with Crippen molar-refractivity contribution in [1.82, 2.24) is 29.4 Å². The molecule has 0 spiro atoms. The maximum Gasteiger partial charge on any atom is 0.419 e. The Balaban J connectivity index is 1.33. The molecule has 0 aliphatic heterocycles. The fraction of sp³-hybridized carbons (Fsp3) is 0.607. The third-order valence-electron chi connectivity index (χ3n) is 6.91. The van der Waals surface area contributed by atoms with Gasteiger partial charge < -0.3 is 9.47 Å². The summed E-state index contributed by atoms with van der Waals surface area (Å²) < 4.78 is 15.0. The Kier molecular flexibility index (Phi) is 6.47. The number of ether oxygens (including phenoxy) is 2. The van der Waals surface area contributed by atoms with E-state index in [0.717, 1.165) is 58.3 Å². The molecule has 0 saturated heterocycles. The number of carbonyl (C=O) groups is 2. The Bertz CT molecular complexity index is 1320. The molecule has 2 saturated carbocycles. The van der Waals surface area contributed by atoms with E-state index in [4.69, 9.17) is 14.6 Å². The molecule has 2 aliphatic rings. The van der Waals surface area contributed by atoms with Crippen LogP contribution in [-0.2, 0) is 16.5 Å². The summed E-state index contributed by atoms with van der Waals surface area (Å²) in [7, 11) is 1.95. The number of aromatic nitrogens is 5. The minimum absolute atomic E-state index is 0.138. The van der Waals surface area contributed by atoms with E-state index in [1.165, 1.54) is 0 Å². The minimum Gasteiger partial charge on any atom is -0.443 e. The van der Waals surface area contributed by atoms with Crippen LogP contribution in [0.4, 0.5) is 9.59 Å². The van der Waals surface area contributed by atoms with E-state index in [1.807, 2.05) is 30.3 Å². The van der Waals surface area contributed by atoms with E-state index < -0.39 is 23.4 Å². The van der Waals surface area contributed by atoms with Gasteiger partial charge in [0.05, 0.1) is 23.4 Å². The number of rotatable bonds is 5. The molecule has 0 radical (unpaired) electrons. The summed E-state index contributed by atoms with van der Waals surface area (Å²) in [4.78, 5) is 31.3. The third kappa shape index (κ3) is 5.54. The van der Waals surface area contributed by atoms with Gasteiger partial charge in [-0.1, -0.05) is 0 Å². The zero-order valence-electron chi connectivity index (χ0n) is 23.4. The van der Waals surface area contributed by atoms with Gasteiger partial charge in [-0.3, -0.25) is 14.3 Å². The number of nitrogens with zero attached hydrogens (tertiary/aromatic N) is 6. The maximum atomic E-state index is 12.9. The number of pyridine rings is 1. The number of amides is 2. The van der Waals surface area contributed by atoms with Crippen molar-refractivity contribution in [1.29, 1.82) is 0 Å². The van der Waals surface area contributed by atoms with Crippen molar-refractivity contribution in [3.05, 3.63) is 30.5 Å². The van der Waals surface area contributed by atoms with Gasteiger partial charge in [0.2, 0.25) is 0 Å². The van der Waals surface area contributed by atoms with Gasteiger partial charge in [-0.15, -0.1) is 0 Å². The SMILES string of the molecule is Cn1ncc2cncc(-c3cn(C4CC(CN(C(=O)OC(C)(C)C)C(=O)OC(C)(C)C)C4)nc3C3CC3)c21. The maximum absolute atomic E-state index is 12.9. The molecule has 0 aromatic carbocycles. The molecule has 0 atom stereocenters. The molecule has 204 valence electrons. The Morgan fingerprint density at radius 1 is 0.974 bits per heavy atom. The Morgan fingerprint density at radius 3 is 2.18 bits per heavy atom. The molecule has 0 N–H and O–H groups in total. The first-order valence-electron chi connectivity index (χ1n) is 13.4. The molecule has 38 heavy (non-hydrogen) atoms. The van der Waals surface area contributed by atoms with Gasteiger partial charge in [0.25, 0.3) is 0 Å². The minimum atomic E-state index is -0.713. The van der Waals surface area contributed by atoms with Gasteiger partial charge in [0, 0.05) is 54.6 Å². The zero-order valence-corrected chi connectivity index (χ0v) is 23.4. The summed E-state index contributed by atoms with van der Waals surface area (Å²) in [6, 6.07) is 0.198. The lowest BCUT2D eigenvalue weighted by Gasteiger charge is -2.38. The molecular formula is C28H38N6O4. The second-order valence-electron chi connectivity index (χ2n) is 12.6. The van der Waals surface area contributed by atoms with Crippen LogP contribution < -0.4 is 0 Å². The van der Waals surface area contributed by atoms with E-state index in [2.05, 4.69) is 21.0 Å². The quantitative estimate of drug-likeness (QED) is 0.415. The van der Waals surface area contributed by atoms with Crippen LogP contribution in [0.5, 0.6) is 0 Å². The van der Waals surface area contributed by atoms with Crippen molar-refractivity contribution in [3.8, 4) is 11.1 Å². The van der Waals surface area contributed by atoms with E-state index >= 15 is 0 Å². The molecule has 10 heteroatoms. The van der Waals surface area contributed by atoms with Crippen LogP contribution in [-0.4, -0.2) is 59.4 Å². The van der Waals surface area contributed by atoms with Crippen LogP contribution in [0.25, 0.3) is 22.0 Å². The summed E-state index contributed by atoms with van der Waals surface area (Å²) in [6.07, 6.45) is 10.3. The standard InChI is InChI=1S/C28H38N6O4/c1-27(2,3)37-25(35)33(26(36)38-28(4,5)6)15-17-10-20(11-17)34-16-22(23(31-34)18-8-9-18)21-14-29-12-19-13-30-32(7)24(19)21/h12-14,16-18,20H,8-11,15H2,1-7H3. The predicted molar refractivity (Wildman–Crippen MR) is 143 cm³/mol. The van der Waals surface area contributed by atoms with Crippen LogP contribution in [0.2, 0.25) is 0 Å². The first-order valence-corrected chi connectivity index (χ1v) is 13.4. The fourth-order valence-electron chi connectivity index (χ4n) is 4.97. The van der Waals surface area contributed by atoms with Crippen molar-refractivity contribution >= 4 is 23.1 Å². The Hall–Kier alpha value is -3.43. The van der Waals surface area contributed by atoms with E-state index in [-0.39, 0.29) is 18.5 Å². The zero-order chi connectivity index (χ0) is 27.4. The summed E-state index contributed by atoms with van der Waals surface area (Å²) in [6.45, 7) is 11.0. The number of hydrogen-bond donors (Lipinski definition) is 0. The highest BCUT2D eigenvalue weighted by molar-refractivity contribution is 5.93. The van der Waals surface area contributed by atoms with E-state index in [9.17, 15) is 9.59 Å². The average Bonchev–Trinajstić information content (AvgIpc) is 3.41. The van der Waals surface area contributed by atoms with Gasteiger partial charge in [-0.2, -0.15) is 10.2 Å². The van der Waals surface area contributed by atoms with Crippen molar-refractivity contribution < 1.29 is 19.1 Å². The molecule has 5 rings (SSSR count). The molecule has 0 bridgehead atoms. The number of fused-ring (bicyclic) bond motifs is 1. The number of imide groups is 1. The average molecular weight is 523 g/mol. The highest BCUT2D eigenvalue weighted by Crippen LogP contribution is 2.46. The van der Waals surface area contributed by atoms with Gasteiger partial charge in [0.15, 0.2) is 0 Å². The monoisotopic (exact) mass is 522 g/mol. The Morgan fingerprint density at radius 2 is 1.61 bits per heavy atom. The molecule has 10 nitrogen and oxygen atoms in total. The van der Waals surface area contributed by atoms with Crippen LogP contribution in [0, 0.1) is 5.92 Å². The Labute approximate surface area is 223 Å². The summed E-state index contributed by atoms with van der Waals surface area (Å²) >= 11 is 0. The highest BCUT2D eigenvalue weighted by atomic mass is 16.6. The normalized spacial score (nSPS) is 19.8. The topological polar surface area (TPSA) is 104 Å². The molecule has 0 unspecified atom stereocenters. The molecule has 3 heterocycles. The van der Waals surface area contributed by atoms with Crippen molar-refractivity contribution in [3.63, 3.8) is 0 Å². The van der Waals surface area contributed by atoms with Gasteiger partial charge >= 0.3 is 12.2 Å². The van der Waals surface area contributed by atoms with Gasteiger partial charge in [-0.05, 0) is 73.1 Å². The first kappa shape index (κ1) is 26.2. The van der Waals surface area contributed by atoms with Crippen LogP contribution in [0.15, 0.2) is 24.8 Å². The lowest BCUT2D eigenvalue weighted by atomic mass is 9.80. The second-order valence-corrected chi connectivity index (χ2v) is 12.6. The molecule has 2 aliphatic carbocycles. The lowest BCUT2D eigenvalue weighted by Crippen LogP contribution is -2.47. The van der Waals surface area contributed by atoms with Crippen LogP contribution >= 0.6 is 0 Å². The number of hydrogen-bond acceptors (Lipinski definition) is 7. The van der Waals surface area contributed by atoms with Crippen LogP contribution in [0.3, 0.4) is 0 Å². The largest absolute Gasteiger partial charge is 0.443 e. The lowest BCUT2D eigenvalue weighted by molar-refractivity contribution is -0.00641. The highest BCUT2D eigenvalue weighted by Gasteiger charge is 2.39.